The van der Waals surface area contributed by atoms with Crippen LogP contribution < -0.4 is 0 Å². The molecule has 1 aromatic carbocycles. The Labute approximate surface area is 107 Å². The van der Waals surface area contributed by atoms with Gasteiger partial charge in [0.05, 0.1) is 12.0 Å². The van der Waals surface area contributed by atoms with Crippen LogP contribution in [0.4, 0.5) is 4.39 Å². The average molecular weight is 253 g/mol. The molecular weight excluding hydrogens is 233 g/mol. The highest BCUT2D eigenvalue weighted by atomic mass is 19.1. The Hall–Kier alpha value is -1.42. The van der Waals surface area contributed by atoms with Crippen LogP contribution in [0.5, 0.6) is 0 Å². The van der Waals surface area contributed by atoms with Crippen LogP contribution in [0, 0.1) is 5.82 Å². The van der Waals surface area contributed by atoms with E-state index in [1.165, 1.54) is 12.1 Å². The van der Waals surface area contributed by atoms with E-state index in [4.69, 9.17) is 5.11 Å². The predicted octanol–water partition coefficient (Wildman–Crippen LogP) is 2.86. The van der Waals surface area contributed by atoms with Crippen LogP contribution in [-0.2, 0) is 10.3 Å². The zero-order valence-electron chi connectivity index (χ0n) is 11.1. The Morgan fingerprint density at radius 1 is 1.39 bits per heavy atom. The fraction of sp³-hybridized carbons (Fsp3) is 0.500. The van der Waals surface area contributed by atoms with Crippen molar-refractivity contribution in [2.45, 2.75) is 32.7 Å². The Morgan fingerprint density at radius 2 is 2.00 bits per heavy atom. The molecule has 0 spiro atoms. The summed E-state index contributed by atoms with van der Waals surface area (Å²) in [4.78, 5) is 13.1. The molecule has 0 bridgehead atoms. The van der Waals surface area contributed by atoms with Crippen molar-refractivity contribution in [1.82, 2.24) is 4.90 Å². The molecule has 0 aliphatic heterocycles. The third-order valence-corrected chi connectivity index (χ3v) is 3.40. The number of rotatable bonds is 6. The van der Waals surface area contributed by atoms with Gasteiger partial charge in [-0.2, -0.15) is 0 Å². The van der Waals surface area contributed by atoms with Crippen LogP contribution in [0.25, 0.3) is 0 Å². The third-order valence-electron chi connectivity index (χ3n) is 3.40. The SMILES string of the molecule is CCN(CC)C(C)(CC(=O)O)c1cccc(F)c1. The van der Waals surface area contributed by atoms with E-state index in [9.17, 15) is 9.18 Å². The maximum absolute atomic E-state index is 13.3. The number of halogens is 1. The summed E-state index contributed by atoms with van der Waals surface area (Å²) in [5.41, 5.74) is 0.0193. The van der Waals surface area contributed by atoms with E-state index < -0.39 is 11.5 Å². The maximum Gasteiger partial charge on any atom is 0.305 e. The Morgan fingerprint density at radius 3 is 2.44 bits per heavy atom. The number of carboxylic acid groups (broad SMARTS) is 1. The first-order valence-electron chi connectivity index (χ1n) is 6.17. The van der Waals surface area contributed by atoms with E-state index in [1.54, 1.807) is 12.1 Å². The summed E-state index contributed by atoms with van der Waals surface area (Å²) >= 11 is 0. The van der Waals surface area contributed by atoms with Gasteiger partial charge in [-0.05, 0) is 37.7 Å². The summed E-state index contributed by atoms with van der Waals surface area (Å²) in [7, 11) is 0. The van der Waals surface area contributed by atoms with Crippen LogP contribution in [-0.4, -0.2) is 29.1 Å². The van der Waals surface area contributed by atoms with E-state index in [0.717, 1.165) is 13.1 Å². The molecule has 1 atom stereocenters. The molecular formula is C14H20FNO2. The van der Waals surface area contributed by atoms with Crippen LogP contribution in [0.3, 0.4) is 0 Å². The van der Waals surface area contributed by atoms with E-state index >= 15 is 0 Å². The largest absolute Gasteiger partial charge is 0.481 e. The summed E-state index contributed by atoms with van der Waals surface area (Å²) in [5, 5.41) is 9.10. The van der Waals surface area contributed by atoms with Crippen molar-refractivity contribution in [2.24, 2.45) is 0 Å². The van der Waals surface area contributed by atoms with Crippen LogP contribution >= 0.6 is 0 Å². The molecule has 4 heteroatoms. The van der Waals surface area contributed by atoms with Gasteiger partial charge >= 0.3 is 5.97 Å². The molecule has 1 rings (SSSR count). The van der Waals surface area contributed by atoms with E-state index in [1.807, 2.05) is 25.7 Å². The van der Waals surface area contributed by atoms with Crippen LogP contribution in [0.1, 0.15) is 32.8 Å². The van der Waals surface area contributed by atoms with Gasteiger partial charge < -0.3 is 5.11 Å². The van der Waals surface area contributed by atoms with Crippen molar-refractivity contribution in [2.75, 3.05) is 13.1 Å². The molecule has 0 radical (unpaired) electrons. The first kappa shape index (κ1) is 14.6. The monoisotopic (exact) mass is 253 g/mol. The minimum atomic E-state index is -0.881. The van der Waals surface area contributed by atoms with E-state index in [2.05, 4.69) is 0 Å². The summed E-state index contributed by atoms with van der Waals surface area (Å²) in [5.74, 6) is -1.22. The number of benzene rings is 1. The van der Waals surface area contributed by atoms with Crippen molar-refractivity contribution in [1.29, 1.82) is 0 Å². The lowest BCUT2D eigenvalue weighted by molar-refractivity contribution is -0.140. The molecule has 0 saturated carbocycles. The molecule has 0 aromatic heterocycles. The maximum atomic E-state index is 13.3. The van der Waals surface area contributed by atoms with Gasteiger partial charge in [-0.3, -0.25) is 9.69 Å². The number of hydrogen-bond acceptors (Lipinski definition) is 2. The number of hydrogen-bond donors (Lipinski definition) is 1. The van der Waals surface area contributed by atoms with E-state index in [-0.39, 0.29) is 12.2 Å². The van der Waals surface area contributed by atoms with Gasteiger partial charge in [0.1, 0.15) is 5.82 Å². The lowest BCUT2D eigenvalue weighted by Crippen LogP contribution is -2.45. The third kappa shape index (κ3) is 3.07. The van der Waals surface area contributed by atoms with Crippen molar-refractivity contribution in [3.05, 3.63) is 35.6 Å². The van der Waals surface area contributed by atoms with Crippen molar-refractivity contribution < 1.29 is 14.3 Å². The smallest absolute Gasteiger partial charge is 0.305 e. The van der Waals surface area contributed by atoms with Crippen molar-refractivity contribution in [3.8, 4) is 0 Å². The zero-order valence-corrected chi connectivity index (χ0v) is 11.1. The molecule has 1 N–H and O–H groups in total. The number of nitrogens with zero attached hydrogens (tertiary/aromatic N) is 1. The first-order valence-corrected chi connectivity index (χ1v) is 6.17. The zero-order chi connectivity index (χ0) is 13.8. The molecule has 18 heavy (non-hydrogen) atoms. The van der Waals surface area contributed by atoms with Gasteiger partial charge in [0.2, 0.25) is 0 Å². The highest BCUT2D eigenvalue weighted by Crippen LogP contribution is 2.32. The Balaban J connectivity index is 3.22. The summed E-state index contributed by atoms with van der Waals surface area (Å²) in [6.45, 7) is 7.24. The van der Waals surface area contributed by atoms with Gasteiger partial charge in [-0.15, -0.1) is 0 Å². The molecule has 0 aliphatic rings. The second kappa shape index (κ2) is 5.96. The molecule has 1 unspecified atom stereocenters. The fourth-order valence-corrected chi connectivity index (χ4v) is 2.44. The summed E-state index contributed by atoms with van der Waals surface area (Å²) < 4.78 is 13.3. The predicted molar refractivity (Wildman–Crippen MR) is 68.9 cm³/mol. The van der Waals surface area contributed by atoms with Gasteiger partial charge in [-0.25, -0.2) is 4.39 Å². The highest BCUT2D eigenvalue weighted by molar-refractivity contribution is 5.68. The molecule has 0 heterocycles. The van der Waals surface area contributed by atoms with Crippen LogP contribution in [0.15, 0.2) is 24.3 Å². The lowest BCUT2D eigenvalue weighted by Gasteiger charge is -2.40. The molecule has 1 aromatic rings. The topological polar surface area (TPSA) is 40.5 Å². The van der Waals surface area contributed by atoms with Crippen LogP contribution in [0.2, 0.25) is 0 Å². The lowest BCUT2D eigenvalue weighted by atomic mass is 9.86. The number of aliphatic carboxylic acids is 1. The van der Waals surface area contributed by atoms with Crippen molar-refractivity contribution in [3.63, 3.8) is 0 Å². The molecule has 0 aliphatic carbocycles. The molecule has 0 saturated heterocycles. The quantitative estimate of drug-likeness (QED) is 0.847. The normalized spacial score (nSPS) is 14.5. The summed E-state index contributed by atoms with van der Waals surface area (Å²) in [6, 6.07) is 6.19. The molecule has 3 nitrogen and oxygen atoms in total. The van der Waals surface area contributed by atoms with E-state index in [0.29, 0.717) is 5.56 Å². The van der Waals surface area contributed by atoms with Gasteiger partial charge in [0.25, 0.3) is 0 Å². The van der Waals surface area contributed by atoms with Gasteiger partial charge in [0.15, 0.2) is 0 Å². The minimum absolute atomic E-state index is 0.0435. The van der Waals surface area contributed by atoms with Gasteiger partial charge in [0, 0.05) is 0 Å². The standard InChI is InChI=1S/C14H20FNO2/c1-4-16(5-2)14(3,10-13(17)18)11-7-6-8-12(15)9-11/h6-9H,4-5,10H2,1-3H3,(H,17,18). The Kier molecular flexibility index (Phi) is 4.84. The second-order valence-electron chi connectivity index (χ2n) is 4.53. The first-order chi connectivity index (χ1) is 8.43. The second-order valence-corrected chi connectivity index (χ2v) is 4.53. The molecule has 100 valence electrons. The molecule has 0 amide bonds. The summed E-state index contributed by atoms with van der Waals surface area (Å²) in [6.07, 6.45) is -0.0435. The minimum Gasteiger partial charge on any atom is -0.481 e. The number of carbonyl (C=O) groups is 1. The Bertz CT molecular complexity index is 418. The number of carboxylic acids is 1. The van der Waals surface area contributed by atoms with Crippen molar-refractivity contribution >= 4 is 5.97 Å². The average Bonchev–Trinajstić information content (AvgIpc) is 2.29. The molecule has 0 fully saturated rings. The fourth-order valence-electron chi connectivity index (χ4n) is 2.44. The van der Waals surface area contributed by atoms with Gasteiger partial charge in [-0.1, -0.05) is 26.0 Å². The highest BCUT2D eigenvalue weighted by Gasteiger charge is 2.34.